The van der Waals surface area contributed by atoms with Gasteiger partial charge in [-0.05, 0) is 54.4 Å². The zero-order valence-electron chi connectivity index (χ0n) is 9.50. The van der Waals surface area contributed by atoms with E-state index in [2.05, 4.69) is 21.2 Å². The van der Waals surface area contributed by atoms with E-state index in [-0.39, 0.29) is 0 Å². The van der Waals surface area contributed by atoms with Crippen LogP contribution in [0.5, 0.6) is 0 Å². The van der Waals surface area contributed by atoms with Gasteiger partial charge in [-0.2, -0.15) is 0 Å². The molecule has 2 aromatic heterocycles. The molecule has 0 saturated heterocycles. The minimum atomic E-state index is 0.405. The van der Waals surface area contributed by atoms with E-state index in [9.17, 15) is 0 Å². The number of hydrogen-bond donors (Lipinski definition) is 1. The van der Waals surface area contributed by atoms with Gasteiger partial charge in [-0.15, -0.1) is 11.3 Å². The molecule has 3 nitrogen and oxygen atoms in total. The summed E-state index contributed by atoms with van der Waals surface area (Å²) in [7, 11) is 2.00. The number of fused-ring (bicyclic) bond motifs is 1. The van der Waals surface area contributed by atoms with Crippen molar-refractivity contribution in [1.82, 2.24) is 10.3 Å². The number of halogens is 1. The molecule has 0 fully saturated rings. The first-order valence-corrected chi connectivity index (χ1v) is 7.31. The van der Waals surface area contributed by atoms with Crippen LogP contribution in [0.15, 0.2) is 21.2 Å². The fourth-order valence-electron chi connectivity index (χ4n) is 2.23. The van der Waals surface area contributed by atoms with E-state index in [1.807, 2.05) is 19.2 Å². The van der Waals surface area contributed by atoms with Gasteiger partial charge >= 0.3 is 0 Å². The zero-order chi connectivity index (χ0) is 11.8. The number of aryl methyl sites for hydroxylation is 1. The number of furan rings is 1. The minimum absolute atomic E-state index is 0.405. The fourth-order valence-corrected chi connectivity index (χ4v) is 3.67. The predicted octanol–water partition coefficient (Wildman–Crippen LogP) is 3.76. The van der Waals surface area contributed by atoms with Gasteiger partial charge < -0.3 is 9.73 Å². The Kier molecular flexibility index (Phi) is 3.06. The maximum Gasteiger partial charge on any atom is 0.170 e. The number of thiazole rings is 1. The molecular formula is C12H13BrN2OS. The molecule has 5 heteroatoms. The van der Waals surface area contributed by atoms with Crippen molar-refractivity contribution in [3.05, 3.63) is 27.4 Å². The molecule has 2 heterocycles. The quantitative estimate of drug-likeness (QED) is 0.917. The lowest BCUT2D eigenvalue weighted by molar-refractivity contribution is 0.489. The van der Waals surface area contributed by atoms with E-state index in [4.69, 9.17) is 9.40 Å². The molecule has 1 atom stereocenters. The molecule has 0 amide bonds. The molecule has 2 aromatic rings. The SMILES string of the molecule is CNC1CCCc2sc(-c3ccc(Br)o3)nc21. The van der Waals surface area contributed by atoms with Crippen molar-refractivity contribution in [3.8, 4) is 10.8 Å². The van der Waals surface area contributed by atoms with Crippen LogP contribution >= 0.6 is 27.3 Å². The second-order valence-electron chi connectivity index (χ2n) is 4.16. The third-order valence-corrected chi connectivity index (χ3v) is 4.66. The lowest BCUT2D eigenvalue weighted by Gasteiger charge is -2.19. The van der Waals surface area contributed by atoms with Crippen molar-refractivity contribution in [2.75, 3.05) is 7.05 Å². The molecular weight excluding hydrogens is 300 g/mol. The van der Waals surface area contributed by atoms with Crippen molar-refractivity contribution in [1.29, 1.82) is 0 Å². The predicted molar refractivity (Wildman–Crippen MR) is 72.3 cm³/mol. The fraction of sp³-hybridized carbons (Fsp3) is 0.417. The molecule has 0 aromatic carbocycles. The normalized spacial score (nSPS) is 19.3. The molecule has 1 aliphatic rings. The minimum Gasteiger partial charge on any atom is -0.447 e. The average Bonchev–Trinajstić information content (AvgIpc) is 2.93. The monoisotopic (exact) mass is 312 g/mol. The number of nitrogens with zero attached hydrogens (tertiary/aromatic N) is 1. The van der Waals surface area contributed by atoms with E-state index in [0.717, 1.165) is 21.9 Å². The van der Waals surface area contributed by atoms with Gasteiger partial charge in [0.2, 0.25) is 0 Å². The zero-order valence-corrected chi connectivity index (χ0v) is 11.9. The van der Waals surface area contributed by atoms with Crippen molar-refractivity contribution < 1.29 is 4.42 Å². The molecule has 0 spiro atoms. The van der Waals surface area contributed by atoms with Crippen LogP contribution in [0.25, 0.3) is 10.8 Å². The highest BCUT2D eigenvalue weighted by molar-refractivity contribution is 9.10. The first-order valence-electron chi connectivity index (χ1n) is 5.70. The summed E-state index contributed by atoms with van der Waals surface area (Å²) in [6, 6.07) is 4.27. The second-order valence-corrected chi connectivity index (χ2v) is 6.03. The molecule has 1 unspecified atom stereocenters. The molecule has 0 radical (unpaired) electrons. The van der Waals surface area contributed by atoms with Gasteiger partial charge in [-0.1, -0.05) is 0 Å². The summed E-state index contributed by atoms with van der Waals surface area (Å²) < 4.78 is 6.32. The number of aromatic nitrogens is 1. The van der Waals surface area contributed by atoms with Crippen molar-refractivity contribution >= 4 is 27.3 Å². The maximum atomic E-state index is 5.56. The first-order chi connectivity index (χ1) is 8.28. The van der Waals surface area contributed by atoms with E-state index >= 15 is 0 Å². The highest BCUT2D eigenvalue weighted by Crippen LogP contribution is 2.37. The molecule has 0 saturated carbocycles. The highest BCUT2D eigenvalue weighted by Gasteiger charge is 2.24. The topological polar surface area (TPSA) is 38.1 Å². The van der Waals surface area contributed by atoms with Crippen LogP contribution < -0.4 is 5.32 Å². The largest absolute Gasteiger partial charge is 0.447 e. The number of rotatable bonds is 2. The standard InChI is InChI=1S/C12H13BrN2OS/c1-14-7-3-2-4-9-11(7)15-12(17-9)8-5-6-10(13)16-8/h5-7,14H,2-4H2,1H3. The highest BCUT2D eigenvalue weighted by atomic mass is 79.9. The molecule has 17 heavy (non-hydrogen) atoms. The maximum absolute atomic E-state index is 5.56. The van der Waals surface area contributed by atoms with Gasteiger partial charge in [0.05, 0.1) is 11.7 Å². The summed E-state index contributed by atoms with van der Waals surface area (Å²) in [6.45, 7) is 0. The van der Waals surface area contributed by atoms with E-state index < -0.39 is 0 Å². The molecule has 90 valence electrons. The lowest BCUT2D eigenvalue weighted by Crippen LogP contribution is -2.21. The number of nitrogens with one attached hydrogen (secondary N) is 1. The van der Waals surface area contributed by atoms with Gasteiger partial charge in [0.15, 0.2) is 15.4 Å². The van der Waals surface area contributed by atoms with Crippen LogP contribution in [0.3, 0.4) is 0 Å². The first kappa shape index (κ1) is 11.4. The second kappa shape index (κ2) is 4.55. The van der Waals surface area contributed by atoms with Crippen LogP contribution in [0, 0.1) is 0 Å². The summed E-state index contributed by atoms with van der Waals surface area (Å²) in [5.41, 5.74) is 1.21. The summed E-state index contributed by atoms with van der Waals surface area (Å²) in [5.74, 6) is 0.853. The van der Waals surface area contributed by atoms with Gasteiger partial charge in [0.1, 0.15) is 0 Å². The summed E-state index contributed by atoms with van der Waals surface area (Å²) in [4.78, 5) is 6.13. The molecule has 0 aliphatic heterocycles. The Bertz CT molecular complexity index is 534. The van der Waals surface area contributed by atoms with Crippen LogP contribution in [0.1, 0.15) is 29.5 Å². The Labute approximate surface area is 112 Å². The molecule has 0 bridgehead atoms. The molecule has 3 rings (SSSR count). The Hall–Kier alpha value is -0.650. The Morgan fingerprint density at radius 3 is 3.12 bits per heavy atom. The number of hydrogen-bond acceptors (Lipinski definition) is 4. The van der Waals surface area contributed by atoms with Gasteiger partial charge in [-0.3, -0.25) is 0 Å². The Balaban J connectivity index is 2.01. The Morgan fingerprint density at radius 1 is 1.53 bits per heavy atom. The van der Waals surface area contributed by atoms with Gasteiger partial charge in [-0.25, -0.2) is 4.98 Å². The van der Waals surface area contributed by atoms with Gasteiger partial charge in [0.25, 0.3) is 0 Å². The van der Waals surface area contributed by atoms with E-state index in [1.165, 1.54) is 23.4 Å². The van der Waals surface area contributed by atoms with Crippen LogP contribution in [-0.4, -0.2) is 12.0 Å². The summed E-state index contributed by atoms with van der Waals surface area (Å²) >= 11 is 5.08. The third kappa shape index (κ3) is 2.07. The van der Waals surface area contributed by atoms with Gasteiger partial charge in [0, 0.05) is 4.88 Å². The summed E-state index contributed by atoms with van der Waals surface area (Å²) in [6.07, 6.45) is 3.56. The lowest BCUT2D eigenvalue weighted by atomic mass is 9.98. The average molecular weight is 313 g/mol. The molecule has 1 aliphatic carbocycles. The van der Waals surface area contributed by atoms with Crippen LogP contribution in [-0.2, 0) is 6.42 Å². The van der Waals surface area contributed by atoms with Crippen LogP contribution in [0.4, 0.5) is 0 Å². The van der Waals surface area contributed by atoms with Crippen molar-refractivity contribution in [2.24, 2.45) is 0 Å². The van der Waals surface area contributed by atoms with Crippen LogP contribution in [0.2, 0.25) is 0 Å². The van der Waals surface area contributed by atoms with Crippen molar-refractivity contribution in [2.45, 2.75) is 25.3 Å². The smallest absolute Gasteiger partial charge is 0.170 e. The Morgan fingerprint density at radius 2 is 2.41 bits per heavy atom. The van der Waals surface area contributed by atoms with E-state index in [0.29, 0.717) is 6.04 Å². The van der Waals surface area contributed by atoms with E-state index in [1.54, 1.807) is 11.3 Å². The molecule has 1 N–H and O–H groups in total. The van der Waals surface area contributed by atoms with Crippen molar-refractivity contribution in [3.63, 3.8) is 0 Å². The summed E-state index contributed by atoms with van der Waals surface area (Å²) in [5, 5.41) is 4.32. The third-order valence-electron chi connectivity index (χ3n) is 3.09.